The van der Waals surface area contributed by atoms with Crippen LogP contribution in [0, 0.1) is 0 Å². The van der Waals surface area contributed by atoms with Gasteiger partial charge in [0.2, 0.25) is 0 Å². The highest BCUT2D eigenvalue weighted by Crippen LogP contribution is 2.25. The van der Waals surface area contributed by atoms with Crippen LogP contribution in [0.3, 0.4) is 0 Å². The molecule has 1 fully saturated rings. The van der Waals surface area contributed by atoms with Crippen LogP contribution in [0.5, 0.6) is 0 Å². The fourth-order valence-electron chi connectivity index (χ4n) is 2.32. The molecule has 19 heavy (non-hydrogen) atoms. The fourth-order valence-corrected chi connectivity index (χ4v) is 2.92. The number of morpholine rings is 1. The Morgan fingerprint density at radius 2 is 2.21 bits per heavy atom. The zero-order valence-electron chi connectivity index (χ0n) is 10.7. The molecule has 5 heteroatoms. The van der Waals surface area contributed by atoms with E-state index < -0.39 is 0 Å². The first-order chi connectivity index (χ1) is 9.31. The molecule has 100 valence electrons. The van der Waals surface area contributed by atoms with Crippen molar-refractivity contribution >= 4 is 16.5 Å². The van der Waals surface area contributed by atoms with Gasteiger partial charge in [0.15, 0.2) is 5.13 Å². The van der Waals surface area contributed by atoms with E-state index in [0.29, 0.717) is 5.13 Å². The predicted octanol–water partition coefficient (Wildman–Crippen LogP) is 2.30. The minimum atomic E-state index is 0.0472. The van der Waals surface area contributed by atoms with E-state index in [9.17, 15) is 0 Å². The van der Waals surface area contributed by atoms with Crippen LogP contribution in [-0.4, -0.2) is 29.6 Å². The first-order valence-corrected chi connectivity index (χ1v) is 7.28. The first kappa shape index (κ1) is 12.6. The maximum Gasteiger partial charge on any atom is 0.180 e. The largest absolute Gasteiger partial charge is 0.375 e. The minimum Gasteiger partial charge on any atom is -0.375 e. The van der Waals surface area contributed by atoms with Gasteiger partial charge in [0.1, 0.15) is 6.10 Å². The molecule has 1 atom stereocenters. The molecule has 0 bridgehead atoms. The Balaban J connectivity index is 1.65. The highest BCUT2D eigenvalue weighted by Gasteiger charge is 2.23. The summed E-state index contributed by atoms with van der Waals surface area (Å²) in [6.07, 6.45) is 0.0472. The summed E-state index contributed by atoms with van der Waals surface area (Å²) in [4.78, 5) is 6.72. The van der Waals surface area contributed by atoms with Gasteiger partial charge in [-0.25, -0.2) is 4.98 Å². The fraction of sp³-hybridized carbons (Fsp3) is 0.357. The Morgan fingerprint density at radius 1 is 1.37 bits per heavy atom. The number of ether oxygens (including phenoxy) is 1. The van der Waals surface area contributed by atoms with E-state index in [1.807, 2.05) is 11.4 Å². The molecule has 0 amide bonds. The number of hydrogen-bond acceptors (Lipinski definition) is 5. The maximum atomic E-state index is 5.79. The Bertz CT molecular complexity index is 528. The molecule has 2 N–H and O–H groups in total. The average molecular weight is 275 g/mol. The molecule has 3 rings (SSSR count). The highest BCUT2D eigenvalue weighted by atomic mass is 32.1. The monoisotopic (exact) mass is 275 g/mol. The van der Waals surface area contributed by atoms with E-state index in [1.54, 1.807) is 0 Å². The van der Waals surface area contributed by atoms with Crippen molar-refractivity contribution in [2.75, 3.05) is 25.4 Å². The molecule has 1 aliphatic rings. The quantitative estimate of drug-likeness (QED) is 0.934. The van der Waals surface area contributed by atoms with Crippen LogP contribution in [0.1, 0.15) is 17.4 Å². The number of benzene rings is 1. The number of nitrogens with zero attached hydrogens (tertiary/aromatic N) is 2. The Kier molecular flexibility index (Phi) is 3.77. The van der Waals surface area contributed by atoms with Gasteiger partial charge in [-0.05, 0) is 5.56 Å². The van der Waals surface area contributed by atoms with E-state index in [2.05, 4.69) is 34.1 Å². The van der Waals surface area contributed by atoms with Crippen LogP contribution >= 0.6 is 11.3 Å². The zero-order valence-corrected chi connectivity index (χ0v) is 11.5. The summed E-state index contributed by atoms with van der Waals surface area (Å²) in [5, 5.41) is 2.60. The lowest BCUT2D eigenvalue weighted by molar-refractivity contribution is -0.0346. The smallest absolute Gasteiger partial charge is 0.180 e. The number of hydrogen-bond donors (Lipinski definition) is 1. The van der Waals surface area contributed by atoms with Crippen molar-refractivity contribution in [3.8, 4) is 0 Å². The van der Waals surface area contributed by atoms with Crippen molar-refractivity contribution in [3.63, 3.8) is 0 Å². The minimum absolute atomic E-state index is 0.0472. The van der Waals surface area contributed by atoms with Crippen molar-refractivity contribution in [2.45, 2.75) is 12.6 Å². The third-order valence-corrected chi connectivity index (χ3v) is 3.96. The van der Waals surface area contributed by atoms with E-state index in [4.69, 9.17) is 10.5 Å². The molecule has 2 heterocycles. The summed E-state index contributed by atoms with van der Waals surface area (Å²) in [5.74, 6) is 0. The second-order valence-corrected chi connectivity index (χ2v) is 5.58. The van der Waals surface area contributed by atoms with Crippen molar-refractivity contribution in [3.05, 3.63) is 47.0 Å². The molecule has 1 aliphatic heterocycles. The normalized spacial score (nSPS) is 20.5. The first-order valence-electron chi connectivity index (χ1n) is 6.40. The summed E-state index contributed by atoms with van der Waals surface area (Å²) >= 11 is 1.47. The SMILES string of the molecule is Nc1nc(C2CN(Cc3ccccc3)CCO2)cs1. The Morgan fingerprint density at radius 3 is 2.95 bits per heavy atom. The van der Waals surface area contributed by atoms with E-state index in [-0.39, 0.29) is 6.10 Å². The zero-order chi connectivity index (χ0) is 13.1. The van der Waals surface area contributed by atoms with Crippen molar-refractivity contribution in [2.24, 2.45) is 0 Å². The second-order valence-electron chi connectivity index (χ2n) is 4.69. The third kappa shape index (κ3) is 3.12. The van der Waals surface area contributed by atoms with Gasteiger partial charge in [0, 0.05) is 25.0 Å². The van der Waals surface area contributed by atoms with Crippen LogP contribution in [-0.2, 0) is 11.3 Å². The van der Waals surface area contributed by atoms with Crippen LogP contribution in [0.25, 0.3) is 0 Å². The standard InChI is InChI=1S/C14H17N3OS/c15-14-16-12(10-19-14)13-9-17(6-7-18-13)8-11-4-2-1-3-5-11/h1-5,10,13H,6-9H2,(H2,15,16). The lowest BCUT2D eigenvalue weighted by Gasteiger charge is -2.32. The van der Waals surface area contributed by atoms with Crippen LogP contribution in [0.2, 0.25) is 0 Å². The summed E-state index contributed by atoms with van der Waals surface area (Å²) in [5.41, 5.74) is 7.97. The number of nitrogens with two attached hydrogens (primary N) is 1. The topological polar surface area (TPSA) is 51.4 Å². The van der Waals surface area contributed by atoms with Gasteiger partial charge in [-0.3, -0.25) is 4.90 Å². The van der Waals surface area contributed by atoms with Gasteiger partial charge in [-0.15, -0.1) is 11.3 Å². The predicted molar refractivity (Wildman–Crippen MR) is 76.9 cm³/mol. The molecule has 0 saturated carbocycles. The maximum absolute atomic E-state index is 5.79. The number of anilines is 1. The number of nitrogen functional groups attached to an aromatic ring is 1. The number of thiazole rings is 1. The van der Waals surface area contributed by atoms with Crippen molar-refractivity contribution < 1.29 is 4.74 Å². The molecular weight excluding hydrogens is 258 g/mol. The van der Waals surface area contributed by atoms with E-state index in [0.717, 1.165) is 31.9 Å². The van der Waals surface area contributed by atoms with Gasteiger partial charge < -0.3 is 10.5 Å². The summed E-state index contributed by atoms with van der Waals surface area (Å²) in [6, 6.07) is 10.5. The molecule has 0 radical (unpaired) electrons. The molecule has 1 saturated heterocycles. The molecule has 0 aliphatic carbocycles. The molecule has 4 nitrogen and oxygen atoms in total. The van der Waals surface area contributed by atoms with Gasteiger partial charge >= 0.3 is 0 Å². The van der Waals surface area contributed by atoms with Crippen molar-refractivity contribution in [1.82, 2.24) is 9.88 Å². The Hall–Kier alpha value is -1.43. The third-order valence-electron chi connectivity index (χ3n) is 3.27. The molecule has 0 spiro atoms. The van der Waals surface area contributed by atoms with Crippen LogP contribution in [0.4, 0.5) is 5.13 Å². The summed E-state index contributed by atoms with van der Waals surface area (Å²) < 4.78 is 5.79. The molecule has 1 unspecified atom stereocenters. The Labute approximate surface area is 116 Å². The lowest BCUT2D eigenvalue weighted by atomic mass is 10.1. The van der Waals surface area contributed by atoms with Gasteiger partial charge in [0.05, 0.1) is 12.3 Å². The van der Waals surface area contributed by atoms with Crippen molar-refractivity contribution in [1.29, 1.82) is 0 Å². The molecular formula is C14H17N3OS. The molecule has 1 aromatic carbocycles. The van der Waals surface area contributed by atoms with Crippen LogP contribution in [0.15, 0.2) is 35.7 Å². The van der Waals surface area contributed by atoms with Gasteiger partial charge in [-0.2, -0.15) is 0 Å². The number of aromatic nitrogens is 1. The second kappa shape index (κ2) is 5.69. The highest BCUT2D eigenvalue weighted by molar-refractivity contribution is 7.13. The molecule has 1 aromatic heterocycles. The van der Waals surface area contributed by atoms with Crippen LogP contribution < -0.4 is 5.73 Å². The molecule has 2 aromatic rings. The van der Waals surface area contributed by atoms with Gasteiger partial charge in [-0.1, -0.05) is 30.3 Å². The number of rotatable bonds is 3. The van der Waals surface area contributed by atoms with Gasteiger partial charge in [0.25, 0.3) is 0 Å². The van der Waals surface area contributed by atoms with E-state index in [1.165, 1.54) is 16.9 Å². The summed E-state index contributed by atoms with van der Waals surface area (Å²) in [6.45, 7) is 3.54. The average Bonchev–Trinajstić information content (AvgIpc) is 2.87. The lowest BCUT2D eigenvalue weighted by Crippen LogP contribution is -2.37. The summed E-state index contributed by atoms with van der Waals surface area (Å²) in [7, 11) is 0. The van der Waals surface area contributed by atoms with E-state index >= 15 is 0 Å².